The molecule has 0 aliphatic carbocycles. The summed E-state index contributed by atoms with van der Waals surface area (Å²) >= 11 is 11.6. The fraction of sp³-hybridized carbons (Fsp3) is 0.533. The van der Waals surface area contributed by atoms with Gasteiger partial charge >= 0.3 is 0 Å². The maximum Gasteiger partial charge on any atom is 0.106 e. The van der Waals surface area contributed by atoms with Gasteiger partial charge in [0.25, 0.3) is 0 Å². The smallest absolute Gasteiger partial charge is 0.106 e. The molecule has 0 aliphatic heterocycles. The molecule has 0 saturated carbocycles. The standard InChI is InChI=1S/C15H22Cl2N2O/c1-20-18-11-3-2-4-14-5-7-15(8-6-14)19(12-9-16)13-10-17/h5-8,11H,2-4,9-10,12-13H2,1H3. The van der Waals surface area contributed by atoms with Crippen LogP contribution in [0, 0.1) is 0 Å². The zero-order chi connectivity index (χ0) is 14.6. The fourth-order valence-corrected chi connectivity index (χ4v) is 2.38. The van der Waals surface area contributed by atoms with Crippen molar-refractivity contribution in [2.45, 2.75) is 19.3 Å². The van der Waals surface area contributed by atoms with E-state index in [1.165, 1.54) is 11.3 Å². The second kappa shape index (κ2) is 10.8. The molecule has 5 heteroatoms. The second-order valence-electron chi connectivity index (χ2n) is 4.39. The van der Waals surface area contributed by atoms with Gasteiger partial charge in [0.05, 0.1) is 0 Å². The molecule has 0 heterocycles. The Labute approximate surface area is 131 Å². The van der Waals surface area contributed by atoms with Crippen LogP contribution >= 0.6 is 23.2 Å². The Morgan fingerprint density at radius 1 is 1.15 bits per heavy atom. The summed E-state index contributed by atoms with van der Waals surface area (Å²) in [6, 6.07) is 8.60. The number of halogens is 2. The van der Waals surface area contributed by atoms with Crippen molar-refractivity contribution < 1.29 is 4.84 Å². The van der Waals surface area contributed by atoms with E-state index in [2.05, 4.69) is 39.2 Å². The van der Waals surface area contributed by atoms with Crippen molar-refractivity contribution in [3.05, 3.63) is 29.8 Å². The van der Waals surface area contributed by atoms with E-state index in [9.17, 15) is 0 Å². The van der Waals surface area contributed by atoms with Gasteiger partial charge in [-0.3, -0.25) is 0 Å². The lowest BCUT2D eigenvalue weighted by atomic mass is 10.1. The molecule has 0 fully saturated rings. The van der Waals surface area contributed by atoms with Gasteiger partial charge < -0.3 is 9.74 Å². The molecule has 0 bridgehead atoms. The van der Waals surface area contributed by atoms with Gasteiger partial charge in [-0.05, 0) is 37.0 Å². The Morgan fingerprint density at radius 2 is 1.80 bits per heavy atom. The molecule has 1 aromatic carbocycles. The van der Waals surface area contributed by atoms with Crippen LogP contribution in [0.15, 0.2) is 29.4 Å². The number of hydrogen-bond donors (Lipinski definition) is 0. The summed E-state index contributed by atoms with van der Waals surface area (Å²) in [5.41, 5.74) is 2.51. The SMILES string of the molecule is CON=CCCCc1ccc(N(CCCl)CCCl)cc1. The first-order valence-corrected chi connectivity index (χ1v) is 7.89. The van der Waals surface area contributed by atoms with Crippen LogP contribution in [-0.4, -0.2) is 38.2 Å². The number of benzene rings is 1. The number of nitrogens with zero attached hydrogens (tertiary/aromatic N) is 2. The minimum atomic E-state index is 0.609. The van der Waals surface area contributed by atoms with Gasteiger partial charge in [-0.15, -0.1) is 23.2 Å². The maximum absolute atomic E-state index is 5.82. The number of oxime groups is 1. The number of alkyl halides is 2. The normalized spacial score (nSPS) is 10.9. The maximum atomic E-state index is 5.82. The number of hydrogen-bond acceptors (Lipinski definition) is 3. The van der Waals surface area contributed by atoms with Crippen molar-refractivity contribution in [2.75, 3.05) is 36.9 Å². The second-order valence-corrected chi connectivity index (χ2v) is 5.15. The third-order valence-electron chi connectivity index (χ3n) is 2.99. The highest BCUT2D eigenvalue weighted by atomic mass is 35.5. The van der Waals surface area contributed by atoms with E-state index in [4.69, 9.17) is 23.2 Å². The van der Waals surface area contributed by atoms with Crippen molar-refractivity contribution >= 4 is 35.1 Å². The number of unbranched alkanes of at least 4 members (excludes halogenated alkanes) is 1. The van der Waals surface area contributed by atoms with Gasteiger partial charge in [-0.1, -0.05) is 17.3 Å². The van der Waals surface area contributed by atoms with Crippen LogP contribution < -0.4 is 4.90 Å². The third-order valence-corrected chi connectivity index (χ3v) is 3.33. The van der Waals surface area contributed by atoms with Crippen LogP contribution in [0.3, 0.4) is 0 Å². The highest BCUT2D eigenvalue weighted by Crippen LogP contribution is 2.16. The molecule has 1 aromatic rings. The number of rotatable bonds is 10. The zero-order valence-corrected chi connectivity index (χ0v) is 13.4. The van der Waals surface area contributed by atoms with Gasteiger partial charge in [-0.25, -0.2) is 0 Å². The van der Waals surface area contributed by atoms with Crippen LogP contribution in [0.25, 0.3) is 0 Å². The summed E-state index contributed by atoms with van der Waals surface area (Å²) < 4.78 is 0. The molecule has 0 radical (unpaired) electrons. The molecule has 0 aliphatic rings. The largest absolute Gasteiger partial charge is 0.399 e. The Hall–Kier alpha value is -0.930. The first kappa shape index (κ1) is 17.1. The van der Waals surface area contributed by atoms with Crippen molar-refractivity contribution in [3.63, 3.8) is 0 Å². The van der Waals surface area contributed by atoms with E-state index in [1.54, 1.807) is 13.3 Å². The van der Waals surface area contributed by atoms with Crippen LogP contribution in [-0.2, 0) is 11.3 Å². The van der Waals surface area contributed by atoms with Crippen molar-refractivity contribution in [3.8, 4) is 0 Å². The third kappa shape index (κ3) is 6.49. The fourth-order valence-electron chi connectivity index (χ4n) is 1.97. The Balaban J connectivity index is 2.47. The molecule has 0 saturated heterocycles. The minimum Gasteiger partial charge on any atom is -0.399 e. The molecule has 0 amide bonds. The summed E-state index contributed by atoms with van der Waals surface area (Å²) in [4.78, 5) is 6.83. The van der Waals surface area contributed by atoms with E-state index >= 15 is 0 Å². The van der Waals surface area contributed by atoms with Gasteiger partial charge in [-0.2, -0.15) is 0 Å². The highest BCUT2D eigenvalue weighted by molar-refractivity contribution is 6.18. The molecule has 0 N–H and O–H groups in total. The molecule has 0 spiro atoms. The zero-order valence-electron chi connectivity index (χ0n) is 11.9. The molecular weight excluding hydrogens is 295 g/mol. The molecule has 0 atom stereocenters. The topological polar surface area (TPSA) is 24.8 Å². The van der Waals surface area contributed by atoms with Crippen LogP contribution in [0.1, 0.15) is 18.4 Å². The van der Waals surface area contributed by atoms with Gasteiger partial charge in [0.2, 0.25) is 0 Å². The predicted molar refractivity (Wildman–Crippen MR) is 88.5 cm³/mol. The average molecular weight is 317 g/mol. The van der Waals surface area contributed by atoms with E-state index in [0.717, 1.165) is 32.4 Å². The summed E-state index contributed by atoms with van der Waals surface area (Å²) in [6.45, 7) is 1.64. The molecule has 0 unspecified atom stereocenters. The average Bonchev–Trinajstić information content (AvgIpc) is 2.47. The Bertz CT molecular complexity index is 376. The van der Waals surface area contributed by atoms with E-state index in [0.29, 0.717) is 11.8 Å². The number of aryl methyl sites for hydroxylation is 1. The highest BCUT2D eigenvalue weighted by Gasteiger charge is 2.04. The van der Waals surface area contributed by atoms with E-state index < -0.39 is 0 Å². The summed E-state index contributed by atoms with van der Waals surface area (Å²) in [7, 11) is 1.56. The van der Waals surface area contributed by atoms with Crippen molar-refractivity contribution in [2.24, 2.45) is 5.16 Å². The van der Waals surface area contributed by atoms with Crippen LogP contribution in [0.5, 0.6) is 0 Å². The number of anilines is 1. The molecule has 3 nitrogen and oxygen atoms in total. The predicted octanol–water partition coefficient (Wildman–Crippen LogP) is 3.93. The lowest BCUT2D eigenvalue weighted by molar-refractivity contribution is 0.214. The molecule has 0 aromatic heterocycles. The molecule has 20 heavy (non-hydrogen) atoms. The van der Waals surface area contributed by atoms with E-state index in [1.807, 2.05) is 0 Å². The Kier molecular flexibility index (Phi) is 9.25. The van der Waals surface area contributed by atoms with Gasteiger partial charge in [0.15, 0.2) is 0 Å². The van der Waals surface area contributed by atoms with E-state index in [-0.39, 0.29) is 0 Å². The molecular formula is C15H22Cl2N2O. The van der Waals surface area contributed by atoms with Gasteiger partial charge in [0, 0.05) is 36.8 Å². The quantitative estimate of drug-likeness (QED) is 0.283. The lowest BCUT2D eigenvalue weighted by Gasteiger charge is -2.23. The molecule has 112 valence electrons. The Morgan fingerprint density at radius 3 is 2.35 bits per heavy atom. The summed E-state index contributed by atoms with van der Waals surface area (Å²) in [5, 5.41) is 3.72. The molecule has 1 rings (SSSR count). The monoisotopic (exact) mass is 316 g/mol. The summed E-state index contributed by atoms with van der Waals surface area (Å²) in [5.74, 6) is 1.22. The van der Waals surface area contributed by atoms with Crippen LogP contribution in [0.2, 0.25) is 0 Å². The van der Waals surface area contributed by atoms with Gasteiger partial charge in [0.1, 0.15) is 7.11 Å². The lowest BCUT2D eigenvalue weighted by Crippen LogP contribution is -2.27. The van der Waals surface area contributed by atoms with Crippen molar-refractivity contribution in [1.29, 1.82) is 0 Å². The minimum absolute atomic E-state index is 0.609. The van der Waals surface area contributed by atoms with Crippen LogP contribution in [0.4, 0.5) is 5.69 Å². The summed E-state index contributed by atoms with van der Waals surface area (Å²) in [6.07, 6.45) is 4.84. The van der Waals surface area contributed by atoms with Crippen molar-refractivity contribution in [1.82, 2.24) is 0 Å². The first-order chi connectivity index (χ1) is 9.81. The first-order valence-electron chi connectivity index (χ1n) is 6.82.